The van der Waals surface area contributed by atoms with E-state index in [-0.39, 0.29) is 29.3 Å². The number of amides is 1. The van der Waals surface area contributed by atoms with E-state index in [9.17, 15) is 14.9 Å². The average Bonchev–Trinajstić information content (AvgIpc) is 2.74. The number of carbonyl (C=O) groups is 1. The molecule has 3 aliphatic carbocycles. The first-order valence-corrected chi connectivity index (χ1v) is 9.36. The number of carbonyl (C=O) groups excluding carboxylic acids is 1. The summed E-state index contributed by atoms with van der Waals surface area (Å²) in [5.74, 6) is -0.0667. The van der Waals surface area contributed by atoms with Crippen molar-refractivity contribution in [3.63, 3.8) is 0 Å². The Morgan fingerprint density at radius 2 is 1.50 bits per heavy atom. The van der Waals surface area contributed by atoms with Crippen LogP contribution >= 0.6 is 0 Å². The van der Waals surface area contributed by atoms with Crippen LogP contribution in [0.4, 0.5) is 11.4 Å². The van der Waals surface area contributed by atoms with Gasteiger partial charge in [0.15, 0.2) is 0 Å². The summed E-state index contributed by atoms with van der Waals surface area (Å²) in [6.07, 6.45) is 0.749. The van der Waals surface area contributed by atoms with Gasteiger partial charge in [-0.15, -0.1) is 0 Å². The molecular weight excluding hydrogens is 352 g/mol. The molecule has 3 aromatic rings. The number of nitro benzene ring substituents is 1. The molecule has 5 heteroatoms. The van der Waals surface area contributed by atoms with E-state index in [0.717, 1.165) is 6.42 Å². The minimum absolute atomic E-state index is 0.0103. The molecule has 0 heterocycles. The van der Waals surface area contributed by atoms with Crippen molar-refractivity contribution in [3.05, 3.63) is 105 Å². The van der Waals surface area contributed by atoms with Gasteiger partial charge >= 0.3 is 0 Å². The minimum Gasteiger partial charge on any atom is -0.326 e. The van der Waals surface area contributed by atoms with Crippen molar-refractivity contribution < 1.29 is 9.72 Å². The van der Waals surface area contributed by atoms with Gasteiger partial charge < -0.3 is 5.32 Å². The summed E-state index contributed by atoms with van der Waals surface area (Å²) in [4.78, 5) is 23.7. The average molecular weight is 370 g/mol. The largest absolute Gasteiger partial charge is 0.326 e. The molecule has 138 valence electrons. The summed E-state index contributed by atoms with van der Waals surface area (Å²) in [6.45, 7) is 0. The maximum absolute atomic E-state index is 13.2. The van der Waals surface area contributed by atoms with Crippen molar-refractivity contribution in [1.29, 1.82) is 0 Å². The standard InChI is InChI=1S/C23H18N2O3/c26-23(24-14-6-5-7-15(12-14)25(27)28)21-13-20-16-8-1-3-10-18(16)22(21)19-11-4-2-9-17(19)20/h1-12,20-22H,13H2,(H,24,26)/t20?,21-,22?/m1/s1. The van der Waals surface area contributed by atoms with E-state index in [1.165, 1.54) is 34.4 Å². The summed E-state index contributed by atoms with van der Waals surface area (Å²) in [7, 11) is 0. The lowest BCUT2D eigenvalue weighted by Gasteiger charge is -2.44. The Balaban J connectivity index is 1.51. The van der Waals surface area contributed by atoms with Crippen LogP contribution < -0.4 is 5.32 Å². The van der Waals surface area contributed by atoms with Crippen molar-refractivity contribution in [3.8, 4) is 0 Å². The normalized spacial score (nSPS) is 21.5. The second-order valence-corrected chi connectivity index (χ2v) is 7.43. The number of nitro groups is 1. The van der Waals surface area contributed by atoms with E-state index >= 15 is 0 Å². The molecular formula is C23H18N2O3. The number of nitrogens with one attached hydrogen (secondary N) is 1. The zero-order valence-corrected chi connectivity index (χ0v) is 15.0. The Hall–Kier alpha value is -3.47. The lowest BCUT2D eigenvalue weighted by molar-refractivity contribution is -0.384. The molecule has 28 heavy (non-hydrogen) atoms. The van der Waals surface area contributed by atoms with Crippen molar-refractivity contribution >= 4 is 17.3 Å². The molecule has 0 spiro atoms. The fourth-order valence-electron chi connectivity index (χ4n) is 4.83. The summed E-state index contributed by atoms with van der Waals surface area (Å²) >= 11 is 0. The smallest absolute Gasteiger partial charge is 0.271 e. The molecule has 0 saturated heterocycles. The highest BCUT2D eigenvalue weighted by molar-refractivity contribution is 5.94. The highest BCUT2D eigenvalue weighted by Gasteiger charge is 2.45. The molecule has 5 nitrogen and oxygen atoms in total. The Morgan fingerprint density at radius 3 is 2.11 bits per heavy atom. The van der Waals surface area contributed by atoms with Crippen LogP contribution in [0, 0.1) is 16.0 Å². The Kier molecular flexibility index (Phi) is 3.76. The van der Waals surface area contributed by atoms with Crippen molar-refractivity contribution in [2.24, 2.45) is 5.92 Å². The zero-order chi connectivity index (χ0) is 19.3. The van der Waals surface area contributed by atoms with Crippen LogP contribution in [-0.4, -0.2) is 10.8 Å². The number of hydrogen-bond acceptors (Lipinski definition) is 3. The fourth-order valence-corrected chi connectivity index (χ4v) is 4.83. The van der Waals surface area contributed by atoms with Crippen LogP contribution in [0.3, 0.4) is 0 Å². The number of hydrogen-bond donors (Lipinski definition) is 1. The van der Waals surface area contributed by atoms with Gasteiger partial charge in [0.1, 0.15) is 0 Å². The molecule has 1 amide bonds. The molecule has 0 radical (unpaired) electrons. The van der Waals surface area contributed by atoms with Crippen LogP contribution in [0.25, 0.3) is 0 Å². The van der Waals surface area contributed by atoms with E-state index in [4.69, 9.17) is 0 Å². The van der Waals surface area contributed by atoms with E-state index in [0.29, 0.717) is 5.69 Å². The van der Waals surface area contributed by atoms with E-state index in [1.54, 1.807) is 12.1 Å². The SMILES string of the molecule is O=C(Nc1cccc([N+](=O)[O-])c1)[C@@H]1CC2c3ccccc3C1c1ccccc12. The molecule has 1 N–H and O–H groups in total. The molecule has 3 aliphatic rings. The Bertz CT molecular complexity index is 1060. The molecule has 1 atom stereocenters. The van der Waals surface area contributed by atoms with Crippen LogP contribution in [0.5, 0.6) is 0 Å². The zero-order valence-electron chi connectivity index (χ0n) is 15.0. The molecule has 0 aliphatic heterocycles. The van der Waals surface area contributed by atoms with Gasteiger partial charge in [-0.25, -0.2) is 0 Å². The van der Waals surface area contributed by atoms with Crippen LogP contribution in [-0.2, 0) is 4.79 Å². The van der Waals surface area contributed by atoms with Gasteiger partial charge in [-0.2, -0.15) is 0 Å². The number of nitrogens with zero attached hydrogens (tertiary/aromatic N) is 1. The van der Waals surface area contributed by atoms with Gasteiger partial charge in [0.05, 0.1) is 10.8 Å². The first kappa shape index (κ1) is 16.7. The van der Waals surface area contributed by atoms with E-state index < -0.39 is 4.92 Å². The number of rotatable bonds is 3. The number of non-ortho nitro benzene ring substituents is 1. The fraction of sp³-hybridized carbons (Fsp3) is 0.174. The summed E-state index contributed by atoms with van der Waals surface area (Å²) < 4.78 is 0. The monoisotopic (exact) mass is 370 g/mol. The lowest BCUT2D eigenvalue weighted by Crippen LogP contribution is -2.38. The molecule has 0 saturated carbocycles. The van der Waals surface area contributed by atoms with Gasteiger partial charge in [-0.3, -0.25) is 14.9 Å². The first-order chi connectivity index (χ1) is 13.6. The summed E-state index contributed by atoms with van der Waals surface area (Å²) in [6, 6.07) is 22.8. The van der Waals surface area contributed by atoms with Crippen molar-refractivity contribution in [1.82, 2.24) is 0 Å². The van der Waals surface area contributed by atoms with Gasteiger partial charge in [-0.1, -0.05) is 54.6 Å². The van der Waals surface area contributed by atoms with Gasteiger partial charge in [-0.05, 0) is 34.7 Å². The third-order valence-electron chi connectivity index (χ3n) is 5.97. The Morgan fingerprint density at radius 1 is 0.893 bits per heavy atom. The summed E-state index contributed by atoms with van der Waals surface area (Å²) in [5.41, 5.74) is 5.49. The molecule has 0 unspecified atom stereocenters. The number of fused-ring (bicyclic) bond motifs is 1. The highest BCUT2D eigenvalue weighted by atomic mass is 16.6. The topological polar surface area (TPSA) is 72.2 Å². The third kappa shape index (κ3) is 2.51. The molecule has 6 rings (SSSR count). The number of anilines is 1. The first-order valence-electron chi connectivity index (χ1n) is 9.36. The second kappa shape index (κ2) is 6.30. The van der Waals surface area contributed by atoms with Crippen molar-refractivity contribution in [2.45, 2.75) is 18.3 Å². The molecule has 0 fully saturated rings. The maximum atomic E-state index is 13.2. The lowest BCUT2D eigenvalue weighted by atomic mass is 9.59. The Labute approximate surface area is 162 Å². The van der Waals surface area contributed by atoms with Crippen LogP contribution in [0.15, 0.2) is 72.8 Å². The predicted octanol–water partition coefficient (Wildman–Crippen LogP) is 4.83. The van der Waals surface area contributed by atoms with Crippen LogP contribution in [0.2, 0.25) is 0 Å². The number of benzene rings is 3. The predicted molar refractivity (Wildman–Crippen MR) is 106 cm³/mol. The second-order valence-electron chi connectivity index (χ2n) is 7.43. The van der Waals surface area contributed by atoms with Crippen molar-refractivity contribution in [2.75, 3.05) is 5.32 Å². The molecule has 3 aromatic carbocycles. The minimum atomic E-state index is -0.454. The van der Waals surface area contributed by atoms with Crippen LogP contribution in [0.1, 0.15) is 40.5 Å². The van der Waals surface area contributed by atoms with E-state index in [1.807, 2.05) is 12.1 Å². The van der Waals surface area contributed by atoms with E-state index in [2.05, 4.69) is 41.7 Å². The quantitative estimate of drug-likeness (QED) is 0.530. The third-order valence-corrected chi connectivity index (χ3v) is 5.97. The van der Waals surface area contributed by atoms with Gasteiger partial charge in [0.25, 0.3) is 5.69 Å². The summed E-state index contributed by atoms with van der Waals surface area (Å²) in [5, 5.41) is 13.9. The maximum Gasteiger partial charge on any atom is 0.271 e. The molecule has 0 aromatic heterocycles. The highest BCUT2D eigenvalue weighted by Crippen LogP contribution is 2.55. The van der Waals surface area contributed by atoms with Gasteiger partial charge in [0, 0.05) is 29.7 Å². The molecule has 2 bridgehead atoms. The van der Waals surface area contributed by atoms with Gasteiger partial charge in [0.2, 0.25) is 5.91 Å².